The van der Waals surface area contributed by atoms with Crippen LogP contribution in [0.5, 0.6) is 5.75 Å². The first-order valence-corrected chi connectivity index (χ1v) is 4.68. The van der Waals surface area contributed by atoms with Crippen molar-refractivity contribution in [3.05, 3.63) is 28.8 Å². The van der Waals surface area contributed by atoms with E-state index in [1.165, 1.54) is 25.1 Å². The summed E-state index contributed by atoms with van der Waals surface area (Å²) in [6, 6.07) is 3.57. The molecule has 6 heteroatoms. The van der Waals surface area contributed by atoms with Gasteiger partial charge < -0.3 is 15.9 Å². The summed E-state index contributed by atoms with van der Waals surface area (Å²) >= 11 is 5.53. The van der Waals surface area contributed by atoms with Gasteiger partial charge in [-0.3, -0.25) is 9.59 Å². The fraction of sp³-hybridized carbons (Fsp3) is 0.200. The number of carboxylic acids is 1. The minimum Gasteiger partial charge on any atom is -0.507 e. The normalized spacial score (nSPS) is 10.9. The van der Waals surface area contributed by atoms with E-state index in [1.54, 1.807) is 0 Å². The van der Waals surface area contributed by atoms with E-state index >= 15 is 0 Å². The summed E-state index contributed by atoms with van der Waals surface area (Å²) in [5, 5.41) is 17.3. The van der Waals surface area contributed by atoms with Crippen LogP contribution >= 0.6 is 11.6 Å². The number of aldehydes is 1. The van der Waals surface area contributed by atoms with E-state index < -0.39 is 12.0 Å². The van der Waals surface area contributed by atoms with Crippen molar-refractivity contribution in [3.8, 4) is 5.75 Å². The minimum atomic E-state index is -0.963. The van der Waals surface area contributed by atoms with E-state index in [4.69, 9.17) is 27.5 Å². The number of rotatable bonds is 2. The standard InChI is InChI=1S/C7H5ClO2.C3H7NO2/c8-6-1-2-7(10)5(3-6)4-9;1-2(4)3(5)6/h1-4,10H;2H,4H2,1H3,(H,5,6)/t;2-/m.0/s1. The first-order valence-electron chi connectivity index (χ1n) is 4.30. The molecule has 1 aromatic carbocycles. The zero-order valence-electron chi connectivity index (χ0n) is 8.55. The van der Waals surface area contributed by atoms with Crippen molar-refractivity contribution in [2.45, 2.75) is 13.0 Å². The number of phenolic OH excluding ortho intramolecular Hbond substituents is 1. The maximum atomic E-state index is 10.2. The maximum absolute atomic E-state index is 10.2. The van der Waals surface area contributed by atoms with E-state index in [0.29, 0.717) is 11.3 Å². The first kappa shape index (κ1) is 14.4. The number of phenols is 1. The highest BCUT2D eigenvalue weighted by Crippen LogP contribution is 2.18. The minimum absolute atomic E-state index is 0.0422. The number of hydrogen-bond acceptors (Lipinski definition) is 4. The smallest absolute Gasteiger partial charge is 0.320 e. The Hall–Kier alpha value is -1.59. The largest absolute Gasteiger partial charge is 0.507 e. The van der Waals surface area contributed by atoms with Crippen molar-refractivity contribution >= 4 is 23.9 Å². The number of carbonyl (C=O) groups excluding carboxylic acids is 1. The zero-order valence-corrected chi connectivity index (χ0v) is 9.31. The molecule has 0 aromatic heterocycles. The lowest BCUT2D eigenvalue weighted by atomic mass is 10.2. The molecule has 0 radical (unpaired) electrons. The molecule has 4 N–H and O–H groups in total. The zero-order chi connectivity index (χ0) is 12.7. The quantitative estimate of drug-likeness (QED) is 0.682. The summed E-state index contributed by atoms with van der Waals surface area (Å²) in [7, 11) is 0. The average Bonchev–Trinajstić information content (AvgIpc) is 2.22. The SMILES string of the molecule is C[C@H](N)C(=O)O.O=Cc1cc(Cl)ccc1O. The van der Waals surface area contributed by atoms with E-state index in [0.717, 1.165) is 0 Å². The lowest BCUT2D eigenvalue weighted by Gasteiger charge is -1.94. The second-order valence-corrected chi connectivity index (χ2v) is 3.38. The van der Waals surface area contributed by atoms with Gasteiger partial charge >= 0.3 is 5.97 Å². The van der Waals surface area contributed by atoms with Gasteiger partial charge in [0.05, 0.1) is 5.56 Å². The molecule has 1 atom stereocenters. The summed E-state index contributed by atoms with van der Waals surface area (Å²) < 4.78 is 0. The third-order valence-corrected chi connectivity index (χ3v) is 1.74. The Bertz CT molecular complexity index is 379. The van der Waals surface area contributed by atoms with Gasteiger partial charge in [0.1, 0.15) is 11.8 Å². The van der Waals surface area contributed by atoms with Crippen LogP contribution < -0.4 is 5.73 Å². The van der Waals surface area contributed by atoms with Crippen molar-refractivity contribution in [3.63, 3.8) is 0 Å². The summed E-state index contributed by atoms with van der Waals surface area (Å²) in [5.41, 5.74) is 5.05. The van der Waals surface area contributed by atoms with Gasteiger partial charge in [-0.15, -0.1) is 0 Å². The summed E-state index contributed by atoms with van der Waals surface area (Å²) in [5.74, 6) is -1.01. The van der Waals surface area contributed by atoms with Crippen molar-refractivity contribution in [1.82, 2.24) is 0 Å². The molecule has 0 unspecified atom stereocenters. The van der Waals surface area contributed by atoms with Crippen molar-refractivity contribution in [2.75, 3.05) is 0 Å². The predicted molar refractivity (Wildman–Crippen MR) is 59.8 cm³/mol. The summed E-state index contributed by atoms with van der Waals surface area (Å²) in [4.78, 5) is 19.7. The van der Waals surface area contributed by atoms with Crippen LogP contribution in [0.2, 0.25) is 5.02 Å². The molecule has 0 saturated carbocycles. The number of hydrogen-bond donors (Lipinski definition) is 3. The average molecular weight is 246 g/mol. The van der Waals surface area contributed by atoms with Gasteiger partial charge in [-0.2, -0.15) is 0 Å². The molecule has 0 aliphatic carbocycles. The van der Waals surface area contributed by atoms with Crippen LogP contribution in [0.3, 0.4) is 0 Å². The van der Waals surface area contributed by atoms with Gasteiger partial charge in [-0.05, 0) is 25.1 Å². The highest BCUT2D eigenvalue weighted by atomic mass is 35.5. The highest BCUT2D eigenvalue weighted by Gasteiger charge is 1.99. The third kappa shape index (κ3) is 5.33. The van der Waals surface area contributed by atoms with Crippen LogP contribution in [-0.2, 0) is 4.79 Å². The number of halogens is 1. The molecule has 0 aliphatic rings. The van der Waals surface area contributed by atoms with Crippen molar-refractivity contribution in [2.24, 2.45) is 5.73 Å². The number of aromatic hydroxyl groups is 1. The predicted octanol–water partition coefficient (Wildman–Crippen LogP) is 1.28. The maximum Gasteiger partial charge on any atom is 0.320 e. The molecule has 0 aliphatic heterocycles. The molecule has 16 heavy (non-hydrogen) atoms. The van der Waals surface area contributed by atoms with E-state index in [1.807, 2.05) is 0 Å². The van der Waals surface area contributed by atoms with Crippen LogP contribution in [0.25, 0.3) is 0 Å². The second kappa shape index (κ2) is 6.81. The Balaban J connectivity index is 0.000000325. The molecular weight excluding hydrogens is 234 g/mol. The molecule has 0 fully saturated rings. The fourth-order valence-electron chi connectivity index (χ4n) is 0.620. The highest BCUT2D eigenvalue weighted by molar-refractivity contribution is 6.30. The van der Waals surface area contributed by atoms with Crippen molar-refractivity contribution < 1.29 is 19.8 Å². The second-order valence-electron chi connectivity index (χ2n) is 2.95. The van der Waals surface area contributed by atoms with Crippen LogP contribution in [0.1, 0.15) is 17.3 Å². The Labute approximate surface area is 97.5 Å². The summed E-state index contributed by atoms with van der Waals surface area (Å²) in [6.07, 6.45) is 0.557. The Morgan fingerprint density at radius 2 is 2.06 bits per heavy atom. The van der Waals surface area contributed by atoms with E-state index in [9.17, 15) is 9.59 Å². The molecule has 88 valence electrons. The van der Waals surface area contributed by atoms with Gasteiger partial charge in [-0.25, -0.2) is 0 Å². The van der Waals surface area contributed by atoms with Crippen LogP contribution in [0, 0.1) is 0 Å². The monoisotopic (exact) mass is 245 g/mol. The van der Waals surface area contributed by atoms with Gasteiger partial charge in [0.2, 0.25) is 0 Å². The van der Waals surface area contributed by atoms with Gasteiger partial charge in [0, 0.05) is 5.02 Å². The fourth-order valence-corrected chi connectivity index (χ4v) is 0.800. The van der Waals surface area contributed by atoms with Crippen molar-refractivity contribution in [1.29, 1.82) is 0 Å². The molecule has 1 rings (SSSR count). The topological polar surface area (TPSA) is 101 Å². The summed E-state index contributed by atoms with van der Waals surface area (Å²) in [6.45, 7) is 1.42. The molecule has 0 spiro atoms. The van der Waals surface area contributed by atoms with E-state index in [-0.39, 0.29) is 11.3 Å². The molecule has 0 heterocycles. The first-order chi connectivity index (χ1) is 7.38. The molecular formula is C10H12ClNO4. The number of nitrogens with two attached hydrogens (primary N) is 1. The van der Waals surface area contributed by atoms with Crippen LogP contribution in [0.15, 0.2) is 18.2 Å². The Morgan fingerprint density at radius 3 is 2.38 bits per heavy atom. The molecule has 0 saturated heterocycles. The lowest BCUT2D eigenvalue weighted by Crippen LogP contribution is -2.25. The molecule has 0 bridgehead atoms. The van der Waals surface area contributed by atoms with E-state index in [2.05, 4.69) is 0 Å². The number of aliphatic carboxylic acids is 1. The molecule has 1 aromatic rings. The van der Waals surface area contributed by atoms with Gasteiger partial charge in [0.15, 0.2) is 6.29 Å². The number of benzene rings is 1. The lowest BCUT2D eigenvalue weighted by molar-refractivity contribution is -0.138. The van der Waals surface area contributed by atoms with Crippen LogP contribution in [-0.4, -0.2) is 28.5 Å². The molecule has 5 nitrogen and oxygen atoms in total. The van der Waals surface area contributed by atoms with Gasteiger partial charge in [-0.1, -0.05) is 11.6 Å². The molecule has 0 amide bonds. The third-order valence-electron chi connectivity index (χ3n) is 1.51. The Kier molecular flexibility index (Phi) is 6.14. The number of carboxylic acid groups (broad SMARTS) is 1. The van der Waals surface area contributed by atoms with Gasteiger partial charge in [0.25, 0.3) is 0 Å². The Morgan fingerprint density at radius 1 is 1.56 bits per heavy atom. The number of carbonyl (C=O) groups is 2. The van der Waals surface area contributed by atoms with Crippen LogP contribution in [0.4, 0.5) is 0 Å².